The van der Waals surface area contributed by atoms with Gasteiger partial charge in [-0.1, -0.05) is 36.1 Å². The second-order valence-electron chi connectivity index (χ2n) is 5.04. The van der Waals surface area contributed by atoms with Crippen molar-refractivity contribution in [2.24, 2.45) is 0 Å². The summed E-state index contributed by atoms with van der Waals surface area (Å²) in [5.41, 5.74) is 3.72. The van der Waals surface area contributed by atoms with Gasteiger partial charge in [-0.15, -0.1) is 0 Å². The molecule has 0 radical (unpaired) electrons. The van der Waals surface area contributed by atoms with Crippen LogP contribution in [0.5, 0.6) is 0 Å². The van der Waals surface area contributed by atoms with Crippen molar-refractivity contribution >= 4 is 0 Å². The maximum atomic E-state index is 12.8. The molecule has 0 spiro atoms. The van der Waals surface area contributed by atoms with Gasteiger partial charge in [0.1, 0.15) is 5.82 Å². The van der Waals surface area contributed by atoms with Crippen LogP contribution in [0.4, 0.5) is 4.39 Å². The van der Waals surface area contributed by atoms with E-state index in [9.17, 15) is 4.39 Å². The summed E-state index contributed by atoms with van der Waals surface area (Å²) >= 11 is 0. The Balaban J connectivity index is 1.62. The van der Waals surface area contributed by atoms with E-state index >= 15 is 0 Å². The molecular formula is C18H16FN. The SMILES string of the molecule is Fc1ccc(C#CCN2CCc3ccccc3C2)cc1. The zero-order valence-corrected chi connectivity index (χ0v) is 11.3. The average Bonchev–Trinajstić information content (AvgIpc) is 2.49. The van der Waals surface area contributed by atoms with Gasteiger partial charge in [-0.05, 0) is 41.8 Å². The van der Waals surface area contributed by atoms with Crippen LogP contribution in [-0.2, 0) is 13.0 Å². The van der Waals surface area contributed by atoms with E-state index in [0.717, 1.165) is 31.6 Å². The maximum Gasteiger partial charge on any atom is 0.123 e. The first-order valence-electron chi connectivity index (χ1n) is 6.85. The Morgan fingerprint density at radius 3 is 2.55 bits per heavy atom. The van der Waals surface area contributed by atoms with Gasteiger partial charge >= 0.3 is 0 Å². The van der Waals surface area contributed by atoms with Gasteiger partial charge in [0.15, 0.2) is 0 Å². The number of rotatable bonds is 1. The van der Waals surface area contributed by atoms with Crippen molar-refractivity contribution < 1.29 is 4.39 Å². The first-order valence-corrected chi connectivity index (χ1v) is 6.85. The zero-order chi connectivity index (χ0) is 13.8. The van der Waals surface area contributed by atoms with E-state index < -0.39 is 0 Å². The van der Waals surface area contributed by atoms with Crippen molar-refractivity contribution in [1.29, 1.82) is 0 Å². The van der Waals surface area contributed by atoms with Crippen molar-refractivity contribution in [3.63, 3.8) is 0 Å². The lowest BCUT2D eigenvalue weighted by Crippen LogP contribution is -2.30. The molecule has 2 heteroatoms. The van der Waals surface area contributed by atoms with Gasteiger partial charge in [-0.3, -0.25) is 4.90 Å². The molecule has 1 heterocycles. The summed E-state index contributed by atoms with van der Waals surface area (Å²) in [6.45, 7) is 2.77. The monoisotopic (exact) mass is 265 g/mol. The summed E-state index contributed by atoms with van der Waals surface area (Å²) < 4.78 is 12.8. The Morgan fingerprint density at radius 2 is 1.75 bits per heavy atom. The maximum absolute atomic E-state index is 12.8. The lowest BCUT2D eigenvalue weighted by atomic mass is 10.00. The molecule has 0 aromatic heterocycles. The average molecular weight is 265 g/mol. The molecule has 2 aromatic rings. The van der Waals surface area contributed by atoms with Crippen LogP contribution in [0, 0.1) is 17.7 Å². The van der Waals surface area contributed by atoms with Gasteiger partial charge in [0.05, 0.1) is 6.54 Å². The predicted molar refractivity (Wildman–Crippen MR) is 78.7 cm³/mol. The lowest BCUT2D eigenvalue weighted by Gasteiger charge is -2.26. The molecule has 0 fully saturated rings. The number of fused-ring (bicyclic) bond motifs is 1. The molecular weight excluding hydrogens is 249 g/mol. The minimum atomic E-state index is -0.219. The number of nitrogens with zero attached hydrogens (tertiary/aromatic N) is 1. The third-order valence-corrected chi connectivity index (χ3v) is 3.59. The Kier molecular flexibility index (Phi) is 3.80. The zero-order valence-electron chi connectivity index (χ0n) is 11.3. The topological polar surface area (TPSA) is 3.24 Å². The molecule has 20 heavy (non-hydrogen) atoms. The van der Waals surface area contributed by atoms with Crippen LogP contribution in [0.2, 0.25) is 0 Å². The highest BCUT2D eigenvalue weighted by Crippen LogP contribution is 2.17. The first kappa shape index (κ1) is 12.9. The fourth-order valence-electron chi connectivity index (χ4n) is 2.48. The van der Waals surface area contributed by atoms with Crippen molar-refractivity contribution in [2.75, 3.05) is 13.1 Å². The number of hydrogen-bond acceptors (Lipinski definition) is 1. The van der Waals surface area contributed by atoms with Crippen LogP contribution in [0.25, 0.3) is 0 Å². The third kappa shape index (κ3) is 3.07. The highest BCUT2D eigenvalue weighted by Gasteiger charge is 2.13. The van der Waals surface area contributed by atoms with Gasteiger partial charge < -0.3 is 0 Å². The molecule has 0 bridgehead atoms. The van der Waals surface area contributed by atoms with Crippen LogP contribution in [0.15, 0.2) is 48.5 Å². The molecule has 0 saturated carbocycles. The van der Waals surface area contributed by atoms with Gasteiger partial charge in [0.25, 0.3) is 0 Å². The quantitative estimate of drug-likeness (QED) is 0.716. The van der Waals surface area contributed by atoms with Crippen LogP contribution in [0.1, 0.15) is 16.7 Å². The van der Waals surface area contributed by atoms with Gasteiger partial charge in [-0.25, -0.2) is 4.39 Å². The van der Waals surface area contributed by atoms with Gasteiger partial charge in [0, 0.05) is 18.7 Å². The minimum absolute atomic E-state index is 0.219. The fourth-order valence-corrected chi connectivity index (χ4v) is 2.48. The summed E-state index contributed by atoms with van der Waals surface area (Å²) in [4.78, 5) is 2.35. The predicted octanol–water partition coefficient (Wildman–Crippen LogP) is 3.24. The van der Waals surface area contributed by atoms with Crippen LogP contribution in [-0.4, -0.2) is 18.0 Å². The van der Waals surface area contributed by atoms with Crippen molar-refractivity contribution in [3.8, 4) is 11.8 Å². The van der Waals surface area contributed by atoms with Crippen molar-refractivity contribution in [3.05, 3.63) is 71.0 Å². The summed E-state index contributed by atoms with van der Waals surface area (Å²) in [6, 6.07) is 14.9. The summed E-state index contributed by atoms with van der Waals surface area (Å²) in [7, 11) is 0. The van der Waals surface area contributed by atoms with E-state index in [4.69, 9.17) is 0 Å². The Labute approximate surface area is 119 Å². The Hall–Kier alpha value is -2.11. The van der Waals surface area contributed by atoms with Crippen molar-refractivity contribution in [2.45, 2.75) is 13.0 Å². The molecule has 0 atom stereocenters. The number of hydrogen-bond donors (Lipinski definition) is 0. The molecule has 100 valence electrons. The van der Waals surface area contributed by atoms with E-state index in [1.165, 1.54) is 23.3 Å². The van der Waals surface area contributed by atoms with Crippen LogP contribution < -0.4 is 0 Å². The summed E-state index contributed by atoms with van der Waals surface area (Å²) in [5, 5.41) is 0. The number of benzene rings is 2. The smallest absolute Gasteiger partial charge is 0.123 e. The highest BCUT2D eigenvalue weighted by atomic mass is 19.1. The molecule has 1 nitrogen and oxygen atoms in total. The molecule has 0 amide bonds. The molecule has 1 aliphatic rings. The first-order chi connectivity index (χ1) is 9.81. The fraction of sp³-hybridized carbons (Fsp3) is 0.222. The molecule has 0 aliphatic carbocycles. The summed E-state index contributed by atoms with van der Waals surface area (Å²) in [5.74, 6) is 6.04. The standard InChI is InChI=1S/C18H16FN/c19-18-9-7-15(8-10-18)4-3-12-20-13-11-16-5-1-2-6-17(16)14-20/h1-2,5-10H,11-14H2. The van der Waals surface area contributed by atoms with E-state index in [1.54, 1.807) is 12.1 Å². The summed E-state index contributed by atoms with van der Waals surface area (Å²) in [6.07, 6.45) is 1.09. The molecule has 2 aromatic carbocycles. The number of halogens is 1. The largest absolute Gasteiger partial charge is 0.288 e. The van der Waals surface area contributed by atoms with Crippen LogP contribution in [0.3, 0.4) is 0 Å². The van der Waals surface area contributed by atoms with E-state index in [0.29, 0.717) is 0 Å². The van der Waals surface area contributed by atoms with Gasteiger partial charge in [0.2, 0.25) is 0 Å². The third-order valence-electron chi connectivity index (χ3n) is 3.59. The molecule has 3 rings (SSSR count). The Bertz CT molecular complexity index is 649. The Morgan fingerprint density at radius 1 is 1.00 bits per heavy atom. The normalized spacial score (nSPS) is 14.2. The minimum Gasteiger partial charge on any atom is -0.288 e. The molecule has 0 unspecified atom stereocenters. The lowest BCUT2D eigenvalue weighted by molar-refractivity contribution is 0.286. The molecule has 1 aliphatic heterocycles. The van der Waals surface area contributed by atoms with E-state index in [-0.39, 0.29) is 5.82 Å². The van der Waals surface area contributed by atoms with Crippen molar-refractivity contribution in [1.82, 2.24) is 4.90 Å². The van der Waals surface area contributed by atoms with Gasteiger partial charge in [-0.2, -0.15) is 0 Å². The molecule has 0 N–H and O–H groups in total. The highest BCUT2D eigenvalue weighted by molar-refractivity contribution is 5.34. The van der Waals surface area contributed by atoms with E-state index in [1.807, 2.05) is 0 Å². The van der Waals surface area contributed by atoms with E-state index in [2.05, 4.69) is 41.0 Å². The molecule has 0 saturated heterocycles. The second-order valence-corrected chi connectivity index (χ2v) is 5.04. The second kappa shape index (κ2) is 5.90. The van der Waals surface area contributed by atoms with Crippen LogP contribution >= 0.6 is 0 Å².